The lowest BCUT2D eigenvalue weighted by Gasteiger charge is -2.08. The molecule has 0 aliphatic carbocycles. The van der Waals surface area contributed by atoms with Crippen molar-refractivity contribution < 1.29 is 13.2 Å². The molecular weight excluding hydrogens is 412 g/mol. The van der Waals surface area contributed by atoms with E-state index in [0.29, 0.717) is 12.1 Å². The van der Waals surface area contributed by atoms with Gasteiger partial charge in [0.05, 0.1) is 22.3 Å². The van der Waals surface area contributed by atoms with Gasteiger partial charge in [-0.3, -0.25) is 4.79 Å². The average Bonchev–Trinajstić information content (AvgIpc) is 3.21. The number of para-hydroxylation sites is 2. The molecule has 4 rings (SSSR count). The van der Waals surface area contributed by atoms with Gasteiger partial charge in [-0.1, -0.05) is 36.4 Å². The molecule has 8 heteroatoms. The summed E-state index contributed by atoms with van der Waals surface area (Å²) in [6.45, 7) is 1.10. The second-order valence-electron chi connectivity index (χ2n) is 7.09. The summed E-state index contributed by atoms with van der Waals surface area (Å²) in [5, 5.41) is 2.86. The molecule has 158 valence electrons. The number of carbonyl (C=O) groups is 1. The minimum absolute atomic E-state index is 0.118. The first kappa shape index (κ1) is 20.8. The molecule has 0 saturated heterocycles. The maximum atomic E-state index is 12.4. The van der Waals surface area contributed by atoms with Crippen LogP contribution in [0.1, 0.15) is 21.5 Å². The third kappa shape index (κ3) is 4.65. The van der Waals surface area contributed by atoms with E-state index in [-0.39, 0.29) is 10.8 Å². The zero-order chi connectivity index (χ0) is 21.8. The fraction of sp³-hybridized carbons (Fsp3) is 0.130. The topological polar surface area (TPSA) is 93.1 Å². The first-order valence-corrected chi connectivity index (χ1v) is 11.2. The number of nitrogens with zero attached hydrogens (tertiary/aromatic N) is 2. The van der Waals surface area contributed by atoms with Crippen LogP contribution in [0.5, 0.6) is 0 Å². The average molecular weight is 435 g/mol. The van der Waals surface area contributed by atoms with Crippen LogP contribution < -0.4 is 10.0 Å². The van der Waals surface area contributed by atoms with Gasteiger partial charge in [-0.05, 0) is 54.6 Å². The van der Waals surface area contributed by atoms with Crippen LogP contribution in [0.3, 0.4) is 0 Å². The van der Waals surface area contributed by atoms with Gasteiger partial charge in [0, 0.05) is 18.7 Å². The van der Waals surface area contributed by atoms with Crippen LogP contribution in [0, 0.1) is 0 Å². The monoisotopic (exact) mass is 434 g/mol. The van der Waals surface area contributed by atoms with Crippen molar-refractivity contribution in [3.63, 3.8) is 0 Å². The molecule has 0 spiro atoms. The predicted octanol–water partition coefficient (Wildman–Crippen LogP) is 2.92. The van der Waals surface area contributed by atoms with Crippen LogP contribution in [0.15, 0.2) is 84.0 Å². The van der Waals surface area contributed by atoms with Gasteiger partial charge in [-0.15, -0.1) is 0 Å². The van der Waals surface area contributed by atoms with Gasteiger partial charge >= 0.3 is 0 Å². The Labute approximate surface area is 180 Å². The Balaban J connectivity index is 1.36. The Kier molecular flexibility index (Phi) is 5.83. The molecule has 7 nitrogen and oxygen atoms in total. The van der Waals surface area contributed by atoms with Crippen LogP contribution >= 0.6 is 0 Å². The Hall–Kier alpha value is -3.49. The molecule has 0 aliphatic rings. The third-order valence-corrected chi connectivity index (χ3v) is 6.48. The molecule has 0 radical (unpaired) electrons. The first-order chi connectivity index (χ1) is 15.0. The maximum absolute atomic E-state index is 12.4. The summed E-state index contributed by atoms with van der Waals surface area (Å²) in [5.41, 5.74) is 4.57. The van der Waals surface area contributed by atoms with E-state index in [0.717, 1.165) is 28.7 Å². The number of nitrogens with one attached hydrogen (secondary N) is 2. The number of sulfonamides is 1. The lowest BCUT2D eigenvalue weighted by molar-refractivity contribution is 0.0951. The minimum Gasteiger partial charge on any atom is -0.348 e. The fourth-order valence-corrected chi connectivity index (χ4v) is 4.01. The number of aromatic nitrogens is 2. The molecule has 1 aromatic heterocycles. The van der Waals surface area contributed by atoms with Crippen LogP contribution in [0.4, 0.5) is 0 Å². The lowest BCUT2D eigenvalue weighted by Crippen LogP contribution is -2.23. The predicted molar refractivity (Wildman–Crippen MR) is 119 cm³/mol. The number of carbonyl (C=O) groups excluding carboxylic acids is 1. The fourth-order valence-electron chi connectivity index (χ4n) is 3.28. The highest BCUT2D eigenvalue weighted by Gasteiger charge is 2.12. The van der Waals surface area contributed by atoms with E-state index >= 15 is 0 Å². The highest BCUT2D eigenvalue weighted by molar-refractivity contribution is 7.89. The summed E-state index contributed by atoms with van der Waals surface area (Å²) in [5.74, 6) is -0.262. The largest absolute Gasteiger partial charge is 0.348 e. The zero-order valence-corrected chi connectivity index (χ0v) is 17.8. The van der Waals surface area contributed by atoms with Crippen LogP contribution in [0.25, 0.3) is 11.0 Å². The molecule has 0 fully saturated rings. The third-order valence-electron chi connectivity index (χ3n) is 5.05. The van der Waals surface area contributed by atoms with Crippen LogP contribution in [-0.2, 0) is 23.1 Å². The van der Waals surface area contributed by atoms with Gasteiger partial charge in [0.1, 0.15) is 0 Å². The molecule has 4 aromatic rings. The van der Waals surface area contributed by atoms with Gasteiger partial charge in [0.15, 0.2) is 0 Å². The smallest absolute Gasteiger partial charge is 0.251 e. The number of hydrogen-bond donors (Lipinski definition) is 2. The Morgan fingerprint density at radius 2 is 1.61 bits per heavy atom. The van der Waals surface area contributed by atoms with Crippen molar-refractivity contribution in [2.75, 3.05) is 7.05 Å². The molecule has 1 amide bonds. The Morgan fingerprint density at radius 3 is 2.32 bits per heavy atom. The molecule has 0 unspecified atom stereocenters. The van der Waals surface area contributed by atoms with Crippen LogP contribution in [0.2, 0.25) is 0 Å². The quantitative estimate of drug-likeness (QED) is 0.468. The molecule has 0 aliphatic heterocycles. The van der Waals surface area contributed by atoms with E-state index in [1.165, 1.54) is 31.3 Å². The summed E-state index contributed by atoms with van der Waals surface area (Å²) in [4.78, 5) is 16.9. The van der Waals surface area contributed by atoms with Crippen molar-refractivity contribution in [3.05, 3.63) is 95.8 Å². The normalized spacial score (nSPS) is 11.5. The number of imidazole rings is 1. The van der Waals surface area contributed by atoms with Gasteiger partial charge < -0.3 is 9.88 Å². The van der Waals surface area contributed by atoms with Gasteiger partial charge in [-0.2, -0.15) is 0 Å². The highest BCUT2D eigenvalue weighted by atomic mass is 32.2. The SMILES string of the molecule is CNS(=O)(=O)c1ccc(C(=O)NCc2ccc(Cn3cnc4ccccc43)cc2)cc1. The molecule has 0 bridgehead atoms. The zero-order valence-electron chi connectivity index (χ0n) is 16.9. The van der Waals surface area contributed by atoms with Crippen molar-refractivity contribution in [2.45, 2.75) is 18.0 Å². The summed E-state index contributed by atoms with van der Waals surface area (Å²) in [6.07, 6.45) is 1.84. The van der Waals surface area contributed by atoms with E-state index < -0.39 is 10.0 Å². The lowest BCUT2D eigenvalue weighted by atomic mass is 10.1. The first-order valence-electron chi connectivity index (χ1n) is 9.76. The molecular formula is C23H22N4O3S. The van der Waals surface area contributed by atoms with Gasteiger partial charge in [0.25, 0.3) is 5.91 Å². The van der Waals surface area contributed by atoms with E-state index in [2.05, 4.69) is 19.6 Å². The van der Waals surface area contributed by atoms with Gasteiger partial charge in [-0.25, -0.2) is 18.1 Å². The van der Waals surface area contributed by atoms with Crippen LogP contribution in [-0.4, -0.2) is 30.9 Å². The summed E-state index contributed by atoms with van der Waals surface area (Å²) in [7, 11) is -2.17. The van der Waals surface area contributed by atoms with Gasteiger partial charge in [0.2, 0.25) is 10.0 Å². The van der Waals surface area contributed by atoms with E-state index in [1.54, 1.807) is 0 Å². The Bertz CT molecular complexity index is 1310. The molecule has 3 aromatic carbocycles. The van der Waals surface area contributed by atoms with Crippen molar-refractivity contribution in [3.8, 4) is 0 Å². The van der Waals surface area contributed by atoms with Crippen molar-refractivity contribution in [1.82, 2.24) is 19.6 Å². The molecule has 31 heavy (non-hydrogen) atoms. The minimum atomic E-state index is -3.52. The summed E-state index contributed by atoms with van der Waals surface area (Å²) in [6, 6.07) is 21.9. The molecule has 0 saturated carbocycles. The summed E-state index contributed by atoms with van der Waals surface area (Å²) < 4.78 is 27.9. The number of fused-ring (bicyclic) bond motifs is 1. The van der Waals surface area contributed by atoms with Crippen molar-refractivity contribution in [2.24, 2.45) is 0 Å². The van der Waals surface area contributed by atoms with E-state index in [4.69, 9.17) is 0 Å². The molecule has 2 N–H and O–H groups in total. The maximum Gasteiger partial charge on any atom is 0.251 e. The number of benzene rings is 3. The van der Waals surface area contributed by atoms with E-state index in [1.807, 2.05) is 54.9 Å². The molecule has 0 atom stereocenters. The van der Waals surface area contributed by atoms with Crippen molar-refractivity contribution in [1.29, 1.82) is 0 Å². The number of amides is 1. The van der Waals surface area contributed by atoms with E-state index in [9.17, 15) is 13.2 Å². The second-order valence-corrected chi connectivity index (χ2v) is 8.98. The Morgan fingerprint density at radius 1 is 0.935 bits per heavy atom. The highest BCUT2D eigenvalue weighted by Crippen LogP contribution is 2.15. The van der Waals surface area contributed by atoms with Crippen molar-refractivity contribution >= 4 is 27.0 Å². The standard InChI is InChI=1S/C23H22N4O3S/c1-24-31(29,30)20-12-10-19(11-13-20)23(28)25-14-17-6-8-18(9-7-17)15-27-16-26-21-4-2-3-5-22(21)27/h2-13,16,24H,14-15H2,1H3,(H,25,28). The second kappa shape index (κ2) is 8.71. The molecule has 1 heterocycles. The number of hydrogen-bond acceptors (Lipinski definition) is 4. The number of rotatable bonds is 7. The summed E-state index contributed by atoms with van der Waals surface area (Å²) >= 11 is 0.